The Kier molecular flexibility index (Phi) is 4.99. The molecule has 1 aliphatic heterocycles. The fourth-order valence-electron chi connectivity index (χ4n) is 4.81. The number of alkyl halides is 3. The first-order valence-electron chi connectivity index (χ1n) is 10.7. The summed E-state index contributed by atoms with van der Waals surface area (Å²) in [4.78, 5) is 0. The first kappa shape index (κ1) is 24.1. The summed E-state index contributed by atoms with van der Waals surface area (Å²) in [5.41, 5.74) is 0.386. The van der Waals surface area contributed by atoms with Crippen LogP contribution in [0.3, 0.4) is 0 Å². The molecule has 0 spiro atoms. The van der Waals surface area contributed by atoms with Gasteiger partial charge in [-0.2, -0.15) is 0 Å². The number of anilines is 1. The summed E-state index contributed by atoms with van der Waals surface area (Å²) < 4.78 is 86.9. The first-order chi connectivity index (χ1) is 16.6. The average molecular weight is 524 g/mol. The molecular weight excluding hydrogens is 502 g/mol. The lowest BCUT2D eigenvalue weighted by Crippen LogP contribution is -2.36. The van der Waals surface area contributed by atoms with E-state index in [1.54, 1.807) is 18.4 Å². The van der Waals surface area contributed by atoms with Gasteiger partial charge in [0.05, 0.1) is 28.7 Å². The molecule has 4 aromatic rings. The fraction of sp³-hybridized carbons (Fsp3) is 0.304. The molecule has 5 rings (SSSR count). The zero-order valence-corrected chi connectivity index (χ0v) is 20.6. The third-order valence-corrected chi connectivity index (χ3v) is 7.18. The van der Waals surface area contributed by atoms with Crippen molar-refractivity contribution in [3.05, 3.63) is 53.5 Å². The van der Waals surface area contributed by atoms with E-state index in [-0.39, 0.29) is 22.0 Å². The maximum atomic E-state index is 14.8. The van der Waals surface area contributed by atoms with E-state index in [0.717, 1.165) is 22.4 Å². The topological polar surface area (TPSA) is 91.0 Å². The molecule has 0 atom stereocenters. The second kappa shape index (κ2) is 7.45. The van der Waals surface area contributed by atoms with Gasteiger partial charge in [-0.05, 0) is 57.0 Å². The van der Waals surface area contributed by atoms with E-state index in [1.807, 2.05) is 13.8 Å². The lowest BCUT2D eigenvalue weighted by molar-refractivity contribution is -0.274. The van der Waals surface area contributed by atoms with E-state index in [1.165, 1.54) is 18.3 Å². The molecule has 3 heterocycles. The summed E-state index contributed by atoms with van der Waals surface area (Å²) in [6.07, 6.45) is -2.86. The maximum Gasteiger partial charge on any atom is 0.573 e. The SMILES string of the molecule is Cc1c(-c2cc(F)cc3c2ccn3S(C)(=O)=O)c(OC(F)(F)F)cc2c1-n1c(C)nnc1C(C)(C)N2. The second-order valence-corrected chi connectivity index (χ2v) is 11.1. The summed E-state index contributed by atoms with van der Waals surface area (Å²) in [7, 11) is -3.81. The summed E-state index contributed by atoms with van der Waals surface area (Å²) in [5.74, 6) is -0.336. The van der Waals surface area contributed by atoms with Crippen molar-refractivity contribution >= 4 is 26.6 Å². The number of hydrogen-bond donors (Lipinski definition) is 1. The Hall–Kier alpha value is -3.61. The number of halogens is 4. The third kappa shape index (κ3) is 3.69. The van der Waals surface area contributed by atoms with Crippen molar-refractivity contribution in [1.82, 2.24) is 18.7 Å². The molecule has 8 nitrogen and oxygen atoms in total. The number of hydrogen-bond acceptors (Lipinski definition) is 6. The average Bonchev–Trinajstić information content (AvgIpc) is 3.30. The van der Waals surface area contributed by atoms with Crippen LogP contribution < -0.4 is 10.1 Å². The predicted octanol–water partition coefficient (Wildman–Crippen LogP) is 5.01. The molecule has 36 heavy (non-hydrogen) atoms. The maximum absolute atomic E-state index is 14.8. The van der Waals surface area contributed by atoms with E-state index in [0.29, 0.717) is 28.6 Å². The van der Waals surface area contributed by atoms with Gasteiger partial charge in [-0.3, -0.25) is 4.57 Å². The number of ether oxygens (including phenoxy) is 1. The number of rotatable bonds is 3. The zero-order valence-electron chi connectivity index (χ0n) is 19.8. The summed E-state index contributed by atoms with van der Waals surface area (Å²) in [6, 6.07) is 4.70. The first-order valence-corrected chi connectivity index (χ1v) is 12.6. The van der Waals surface area contributed by atoms with Crippen LogP contribution in [-0.2, 0) is 15.6 Å². The minimum atomic E-state index is -5.04. The summed E-state index contributed by atoms with van der Waals surface area (Å²) in [6.45, 7) is 6.93. The van der Waals surface area contributed by atoms with Crippen LogP contribution in [0.4, 0.5) is 23.2 Å². The van der Waals surface area contributed by atoms with Gasteiger partial charge in [0.15, 0.2) is 5.82 Å². The monoisotopic (exact) mass is 523 g/mol. The van der Waals surface area contributed by atoms with Crippen LogP contribution in [0, 0.1) is 19.7 Å². The van der Waals surface area contributed by atoms with Crippen LogP contribution >= 0.6 is 0 Å². The highest BCUT2D eigenvalue weighted by Crippen LogP contribution is 2.48. The molecule has 190 valence electrons. The van der Waals surface area contributed by atoms with E-state index in [4.69, 9.17) is 0 Å². The number of aryl methyl sites for hydroxylation is 1. The highest BCUT2D eigenvalue weighted by Gasteiger charge is 2.39. The van der Waals surface area contributed by atoms with Gasteiger partial charge in [0, 0.05) is 23.2 Å². The molecule has 0 unspecified atom stereocenters. The van der Waals surface area contributed by atoms with Crippen LogP contribution in [0.2, 0.25) is 0 Å². The lowest BCUT2D eigenvalue weighted by atomic mass is 9.91. The molecule has 0 amide bonds. The van der Waals surface area contributed by atoms with E-state index in [2.05, 4.69) is 20.3 Å². The molecule has 1 aliphatic rings. The highest BCUT2D eigenvalue weighted by molar-refractivity contribution is 7.89. The van der Waals surface area contributed by atoms with Crippen molar-refractivity contribution in [1.29, 1.82) is 0 Å². The predicted molar refractivity (Wildman–Crippen MR) is 125 cm³/mol. The Balaban J connectivity index is 1.91. The van der Waals surface area contributed by atoms with Crippen molar-refractivity contribution in [2.24, 2.45) is 0 Å². The van der Waals surface area contributed by atoms with Crippen molar-refractivity contribution in [3.63, 3.8) is 0 Å². The molecule has 0 radical (unpaired) electrons. The standard InChI is InChI=1S/C23H21F4N5O3S/c1-11-19(15-8-13(24)9-17-14(15)6-7-31(17)36(5,33)34)18(35-23(25,26)27)10-16-20(11)32-12(2)29-30-21(32)22(3,4)28-16/h6-10,28H,1-5H3. The van der Waals surface area contributed by atoms with Crippen molar-refractivity contribution in [3.8, 4) is 22.6 Å². The highest BCUT2D eigenvalue weighted by atomic mass is 32.2. The van der Waals surface area contributed by atoms with Crippen LogP contribution in [0.1, 0.15) is 31.1 Å². The molecule has 0 aliphatic carbocycles. The molecular formula is C23H21F4N5O3S. The van der Waals surface area contributed by atoms with Gasteiger partial charge in [-0.25, -0.2) is 16.8 Å². The molecule has 2 aromatic heterocycles. The van der Waals surface area contributed by atoms with Gasteiger partial charge >= 0.3 is 6.36 Å². The number of nitrogens with zero attached hydrogens (tertiary/aromatic N) is 4. The third-order valence-electron chi connectivity index (χ3n) is 6.15. The van der Waals surface area contributed by atoms with Gasteiger partial charge in [0.2, 0.25) is 10.0 Å². The Morgan fingerprint density at radius 3 is 2.44 bits per heavy atom. The smallest absolute Gasteiger partial charge is 0.405 e. The lowest BCUT2D eigenvalue weighted by Gasteiger charge is -2.35. The minimum Gasteiger partial charge on any atom is -0.405 e. The molecule has 1 N–H and O–H groups in total. The fourth-order valence-corrected chi connectivity index (χ4v) is 5.60. The molecule has 0 fully saturated rings. The molecule has 0 saturated carbocycles. The van der Waals surface area contributed by atoms with Crippen molar-refractivity contribution in [2.45, 2.75) is 39.6 Å². The van der Waals surface area contributed by atoms with E-state index in [9.17, 15) is 26.0 Å². The van der Waals surface area contributed by atoms with Gasteiger partial charge in [-0.15, -0.1) is 23.4 Å². The molecule has 0 saturated heterocycles. The molecule has 0 bridgehead atoms. The second-order valence-electron chi connectivity index (χ2n) is 9.24. The Morgan fingerprint density at radius 2 is 1.81 bits per heavy atom. The Morgan fingerprint density at radius 1 is 1.11 bits per heavy atom. The van der Waals surface area contributed by atoms with Gasteiger partial charge in [0.1, 0.15) is 17.4 Å². The summed E-state index contributed by atoms with van der Waals surface area (Å²) >= 11 is 0. The van der Waals surface area contributed by atoms with E-state index < -0.39 is 33.5 Å². The molecule has 2 aromatic carbocycles. The molecule has 13 heteroatoms. The van der Waals surface area contributed by atoms with Gasteiger partial charge in [-0.1, -0.05) is 0 Å². The Bertz CT molecular complexity index is 1670. The largest absolute Gasteiger partial charge is 0.573 e. The quantitative estimate of drug-likeness (QED) is 0.380. The van der Waals surface area contributed by atoms with Crippen LogP contribution in [-0.4, -0.2) is 39.8 Å². The van der Waals surface area contributed by atoms with Gasteiger partial charge in [0.25, 0.3) is 0 Å². The van der Waals surface area contributed by atoms with Crippen LogP contribution in [0.15, 0.2) is 30.5 Å². The minimum absolute atomic E-state index is 0.0111. The zero-order chi connectivity index (χ0) is 26.4. The number of fused-ring (bicyclic) bond motifs is 4. The van der Waals surface area contributed by atoms with Crippen molar-refractivity contribution in [2.75, 3.05) is 11.6 Å². The number of aromatic nitrogens is 4. The van der Waals surface area contributed by atoms with Crippen LogP contribution in [0.5, 0.6) is 5.75 Å². The number of nitrogens with one attached hydrogen (secondary N) is 1. The Labute approximate surface area is 203 Å². The normalized spacial score (nSPS) is 14.9. The van der Waals surface area contributed by atoms with Crippen molar-refractivity contribution < 1.29 is 30.7 Å². The van der Waals surface area contributed by atoms with E-state index >= 15 is 0 Å². The van der Waals surface area contributed by atoms with Gasteiger partial charge < -0.3 is 10.1 Å². The van der Waals surface area contributed by atoms with Crippen LogP contribution in [0.25, 0.3) is 27.7 Å². The summed E-state index contributed by atoms with van der Waals surface area (Å²) in [5, 5.41) is 11.8. The number of benzene rings is 2.